The molecule has 3 nitrogen and oxygen atoms in total. The van der Waals surface area contributed by atoms with Crippen LogP contribution in [0.5, 0.6) is 0 Å². The molecule has 1 saturated carbocycles. The van der Waals surface area contributed by atoms with Crippen LogP contribution in [0.4, 0.5) is 0 Å². The SMILES string of the molecule is CC(C)(C)c1ccc(C(=O)OO[C]2CCCC2)cc1. The summed E-state index contributed by atoms with van der Waals surface area (Å²) in [5.41, 5.74) is 1.79. The average Bonchev–Trinajstić information content (AvgIpc) is 2.88. The third-order valence-corrected chi connectivity index (χ3v) is 3.38. The second-order valence-corrected chi connectivity index (χ2v) is 6.03. The zero-order valence-electron chi connectivity index (χ0n) is 11.9. The molecule has 1 fully saturated rings. The molecule has 3 heteroatoms. The summed E-state index contributed by atoms with van der Waals surface area (Å²) in [5.74, 6) is -0.431. The van der Waals surface area contributed by atoms with E-state index in [4.69, 9.17) is 9.78 Å². The summed E-state index contributed by atoms with van der Waals surface area (Å²) in [6.45, 7) is 6.42. The van der Waals surface area contributed by atoms with Gasteiger partial charge in [0.25, 0.3) is 0 Å². The van der Waals surface area contributed by atoms with Gasteiger partial charge in [0.2, 0.25) is 0 Å². The van der Waals surface area contributed by atoms with Gasteiger partial charge >= 0.3 is 5.97 Å². The van der Waals surface area contributed by atoms with Gasteiger partial charge in [0.1, 0.15) is 6.10 Å². The number of hydrogen-bond donors (Lipinski definition) is 0. The first-order valence-electron chi connectivity index (χ1n) is 6.81. The van der Waals surface area contributed by atoms with E-state index in [-0.39, 0.29) is 5.41 Å². The van der Waals surface area contributed by atoms with Crippen LogP contribution in [0.15, 0.2) is 24.3 Å². The molecule has 1 aliphatic carbocycles. The maximum absolute atomic E-state index is 11.8. The Morgan fingerprint density at radius 2 is 1.63 bits per heavy atom. The van der Waals surface area contributed by atoms with Crippen LogP contribution in [-0.4, -0.2) is 5.97 Å². The Kier molecular flexibility index (Phi) is 4.25. The van der Waals surface area contributed by atoms with Crippen molar-refractivity contribution in [1.82, 2.24) is 0 Å². The van der Waals surface area contributed by atoms with E-state index in [1.807, 2.05) is 12.1 Å². The topological polar surface area (TPSA) is 35.5 Å². The van der Waals surface area contributed by atoms with Crippen LogP contribution >= 0.6 is 0 Å². The Labute approximate surface area is 114 Å². The van der Waals surface area contributed by atoms with Crippen LogP contribution in [-0.2, 0) is 15.2 Å². The lowest BCUT2D eigenvalue weighted by molar-refractivity contribution is -0.234. The van der Waals surface area contributed by atoms with E-state index in [1.165, 1.54) is 5.56 Å². The summed E-state index contributed by atoms with van der Waals surface area (Å²) in [5, 5.41) is 0. The Morgan fingerprint density at radius 3 is 2.16 bits per heavy atom. The summed E-state index contributed by atoms with van der Waals surface area (Å²) in [6.07, 6.45) is 4.91. The second kappa shape index (κ2) is 5.74. The molecule has 2 rings (SSSR count). The van der Waals surface area contributed by atoms with Gasteiger partial charge in [0, 0.05) is 0 Å². The van der Waals surface area contributed by atoms with Crippen molar-refractivity contribution in [3.05, 3.63) is 41.5 Å². The van der Waals surface area contributed by atoms with Crippen LogP contribution in [0.1, 0.15) is 62.4 Å². The van der Waals surface area contributed by atoms with Crippen molar-refractivity contribution >= 4 is 5.97 Å². The number of hydrogen-bond acceptors (Lipinski definition) is 3. The van der Waals surface area contributed by atoms with Gasteiger partial charge < -0.3 is 0 Å². The van der Waals surface area contributed by atoms with Gasteiger partial charge in [-0.3, -0.25) is 4.89 Å². The van der Waals surface area contributed by atoms with E-state index in [9.17, 15) is 4.79 Å². The van der Waals surface area contributed by atoms with E-state index in [0.717, 1.165) is 31.8 Å². The molecule has 0 saturated heterocycles. The zero-order valence-corrected chi connectivity index (χ0v) is 11.9. The lowest BCUT2D eigenvalue weighted by Gasteiger charge is -2.18. The van der Waals surface area contributed by atoms with Gasteiger partial charge in [-0.2, -0.15) is 4.89 Å². The number of rotatable bonds is 3. The van der Waals surface area contributed by atoms with Crippen molar-refractivity contribution in [2.24, 2.45) is 0 Å². The summed E-state index contributed by atoms with van der Waals surface area (Å²) in [6, 6.07) is 7.48. The molecular formula is C16H21O3. The standard InChI is InChI=1S/C16H21O3/c1-16(2,3)13-10-8-12(9-11-13)15(17)19-18-14-6-4-5-7-14/h8-11H,4-7H2,1-3H3. The summed E-state index contributed by atoms with van der Waals surface area (Å²) >= 11 is 0. The van der Waals surface area contributed by atoms with Crippen molar-refractivity contribution in [1.29, 1.82) is 0 Å². The van der Waals surface area contributed by atoms with Crippen molar-refractivity contribution in [3.63, 3.8) is 0 Å². The van der Waals surface area contributed by atoms with Gasteiger partial charge in [-0.25, -0.2) is 4.79 Å². The zero-order chi connectivity index (χ0) is 13.9. The van der Waals surface area contributed by atoms with E-state index in [2.05, 4.69) is 20.8 Å². The highest BCUT2D eigenvalue weighted by Crippen LogP contribution is 2.28. The molecule has 0 heterocycles. The van der Waals surface area contributed by atoms with Crippen LogP contribution in [0.25, 0.3) is 0 Å². The third-order valence-electron chi connectivity index (χ3n) is 3.38. The number of carbonyl (C=O) groups excluding carboxylic acids is 1. The molecule has 103 valence electrons. The quantitative estimate of drug-likeness (QED) is 0.605. The van der Waals surface area contributed by atoms with Crippen LogP contribution < -0.4 is 0 Å². The van der Waals surface area contributed by atoms with Crippen molar-refractivity contribution in [2.75, 3.05) is 0 Å². The molecule has 0 aliphatic heterocycles. The van der Waals surface area contributed by atoms with Crippen molar-refractivity contribution in [2.45, 2.75) is 51.9 Å². The minimum absolute atomic E-state index is 0.0820. The largest absolute Gasteiger partial charge is 0.373 e. The molecule has 19 heavy (non-hydrogen) atoms. The van der Waals surface area contributed by atoms with Gasteiger partial charge in [0.05, 0.1) is 5.56 Å². The molecule has 0 bridgehead atoms. The molecule has 0 spiro atoms. The first kappa shape index (κ1) is 14.1. The average molecular weight is 261 g/mol. The van der Waals surface area contributed by atoms with E-state index in [1.54, 1.807) is 12.1 Å². The fourth-order valence-corrected chi connectivity index (χ4v) is 2.10. The van der Waals surface area contributed by atoms with E-state index in [0.29, 0.717) is 5.56 Å². The molecule has 1 radical (unpaired) electrons. The maximum Gasteiger partial charge on any atom is 0.373 e. The minimum atomic E-state index is -0.431. The molecule has 0 N–H and O–H groups in total. The highest BCUT2D eigenvalue weighted by Gasteiger charge is 2.21. The fourth-order valence-electron chi connectivity index (χ4n) is 2.10. The molecule has 1 aromatic rings. The molecule has 0 atom stereocenters. The van der Waals surface area contributed by atoms with E-state index >= 15 is 0 Å². The first-order chi connectivity index (χ1) is 8.97. The number of carbonyl (C=O) groups is 1. The maximum atomic E-state index is 11.8. The van der Waals surface area contributed by atoms with Gasteiger partial charge in [0.15, 0.2) is 0 Å². The minimum Gasteiger partial charge on any atom is -0.292 e. The molecule has 1 aromatic carbocycles. The Balaban J connectivity index is 1.92. The molecule has 0 amide bonds. The summed E-state index contributed by atoms with van der Waals surface area (Å²) in [7, 11) is 0. The van der Waals surface area contributed by atoms with Gasteiger partial charge in [-0.15, -0.1) is 0 Å². The first-order valence-corrected chi connectivity index (χ1v) is 6.81. The Hall–Kier alpha value is -1.35. The lowest BCUT2D eigenvalue weighted by Crippen LogP contribution is -2.12. The predicted octanol–water partition coefficient (Wildman–Crippen LogP) is 4.18. The number of benzene rings is 1. The fraction of sp³-hybridized carbons (Fsp3) is 0.500. The molecule has 1 aliphatic rings. The molecule has 0 aromatic heterocycles. The Bertz CT molecular complexity index is 422. The normalized spacial score (nSPS) is 16.6. The smallest absolute Gasteiger partial charge is 0.292 e. The third kappa shape index (κ3) is 3.80. The summed E-state index contributed by atoms with van der Waals surface area (Å²) in [4.78, 5) is 21.7. The van der Waals surface area contributed by atoms with Crippen molar-refractivity contribution in [3.8, 4) is 0 Å². The molecule has 0 unspecified atom stereocenters. The monoisotopic (exact) mass is 261 g/mol. The van der Waals surface area contributed by atoms with Gasteiger partial charge in [-0.05, 0) is 36.0 Å². The van der Waals surface area contributed by atoms with Crippen molar-refractivity contribution < 1.29 is 14.6 Å². The van der Waals surface area contributed by atoms with Crippen LogP contribution in [0.3, 0.4) is 0 Å². The second-order valence-electron chi connectivity index (χ2n) is 6.03. The van der Waals surface area contributed by atoms with E-state index < -0.39 is 5.97 Å². The Morgan fingerprint density at radius 1 is 1.05 bits per heavy atom. The highest BCUT2D eigenvalue weighted by molar-refractivity contribution is 5.89. The van der Waals surface area contributed by atoms with Gasteiger partial charge in [-0.1, -0.05) is 45.7 Å². The highest BCUT2D eigenvalue weighted by atomic mass is 17.2. The summed E-state index contributed by atoms with van der Waals surface area (Å²) < 4.78 is 0. The predicted molar refractivity (Wildman–Crippen MR) is 73.4 cm³/mol. The van der Waals surface area contributed by atoms with Crippen LogP contribution in [0.2, 0.25) is 0 Å². The lowest BCUT2D eigenvalue weighted by atomic mass is 9.87. The molecular weight excluding hydrogens is 240 g/mol. The van der Waals surface area contributed by atoms with Crippen LogP contribution in [0, 0.1) is 6.10 Å².